The van der Waals surface area contributed by atoms with Gasteiger partial charge in [-0.1, -0.05) is 24.3 Å². The second kappa shape index (κ2) is 10.2. The van der Waals surface area contributed by atoms with Crippen molar-refractivity contribution in [3.63, 3.8) is 0 Å². The SMILES string of the molecule is CCOc1ccccc1CNC(=O)CCCN1C(=O)c2cccnc2Oc2ccc(C)cc21. The highest BCUT2D eigenvalue weighted by Crippen LogP contribution is 2.38. The van der Waals surface area contributed by atoms with Gasteiger partial charge in [0.25, 0.3) is 5.91 Å². The van der Waals surface area contributed by atoms with Crippen LogP contribution in [-0.2, 0) is 11.3 Å². The first kappa shape index (κ1) is 22.3. The predicted molar refractivity (Wildman–Crippen MR) is 126 cm³/mol. The standard InChI is InChI=1S/C26H27N3O4/c1-3-32-22-10-5-4-8-19(22)17-28-24(30)11-7-15-29-21-16-18(2)12-13-23(21)33-25-20(26(29)31)9-6-14-27-25/h4-6,8-10,12-14,16H,3,7,11,15,17H2,1-2H3,(H,28,30). The van der Waals surface area contributed by atoms with Crippen LogP contribution in [-0.4, -0.2) is 29.9 Å². The van der Waals surface area contributed by atoms with Crippen LogP contribution >= 0.6 is 0 Å². The number of nitrogens with zero attached hydrogens (tertiary/aromatic N) is 2. The van der Waals surface area contributed by atoms with Gasteiger partial charge in [0.05, 0.1) is 12.3 Å². The summed E-state index contributed by atoms with van der Waals surface area (Å²) in [6.07, 6.45) is 2.40. The molecule has 33 heavy (non-hydrogen) atoms. The van der Waals surface area contributed by atoms with Gasteiger partial charge < -0.3 is 19.7 Å². The molecule has 7 nitrogen and oxygen atoms in total. The van der Waals surface area contributed by atoms with Crippen LogP contribution in [0.4, 0.5) is 5.69 Å². The zero-order valence-corrected chi connectivity index (χ0v) is 18.8. The Morgan fingerprint density at radius 3 is 2.85 bits per heavy atom. The Labute approximate surface area is 193 Å². The molecule has 1 aromatic heterocycles. The van der Waals surface area contributed by atoms with Crippen LogP contribution in [0.2, 0.25) is 0 Å². The number of fused-ring (bicyclic) bond motifs is 2. The Bertz CT molecular complexity index is 1160. The molecule has 170 valence electrons. The van der Waals surface area contributed by atoms with Gasteiger partial charge in [0.1, 0.15) is 11.3 Å². The smallest absolute Gasteiger partial charge is 0.263 e. The van der Waals surface area contributed by atoms with E-state index in [0.717, 1.165) is 16.9 Å². The van der Waals surface area contributed by atoms with E-state index in [1.165, 1.54) is 0 Å². The number of nitrogens with one attached hydrogen (secondary N) is 1. The number of hydrogen-bond acceptors (Lipinski definition) is 5. The summed E-state index contributed by atoms with van der Waals surface area (Å²) in [6.45, 7) is 5.24. The van der Waals surface area contributed by atoms with Crippen molar-refractivity contribution in [2.75, 3.05) is 18.1 Å². The fraction of sp³-hybridized carbons (Fsp3) is 0.269. The van der Waals surface area contributed by atoms with Gasteiger partial charge in [0, 0.05) is 31.3 Å². The maximum Gasteiger partial charge on any atom is 0.263 e. The lowest BCUT2D eigenvalue weighted by Gasteiger charge is -2.22. The van der Waals surface area contributed by atoms with Gasteiger partial charge >= 0.3 is 0 Å². The van der Waals surface area contributed by atoms with Crippen LogP contribution < -0.4 is 19.7 Å². The van der Waals surface area contributed by atoms with Crippen molar-refractivity contribution < 1.29 is 19.1 Å². The number of carbonyl (C=O) groups excluding carboxylic acids is 2. The van der Waals surface area contributed by atoms with E-state index in [1.54, 1.807) is 23.2 Å². The number of aromatic nitrogens is 1. The number of rotatable bonds is 8. The minimum absolute atomic E-state index is 0.0774. The minimum atomic E-state index is -0.187. The fourth-order valence-corrected chi connectivity index (χ4v) is 3.77. The first-order valence-electron chi connectivity index (χ1n) is 11.1. The maximum absolute atomic E-state index is 13.3. The van der Waals surface area contributed by atoms with Gasteiger partial charge in [0.2, 0.25) is 11.8 Å². The van der Waals surface area contributed by atoms with Crippen molar-refractivity contribution in [3.05, 3.63) is 77.5 Å². The van der Waals surface area contributed by atoms with Crippen molar-refractivity contribution in [2.24, 2.45) is 0 Å². The zero-order chi connectivity index (χ0) is 23.2. The number of carbonyl (C=O) groups is 2. The molecule has 1 aliphatic rings. The van der Waals surface area contributed by atoms with Crippen LogP contribution in [0.3, 0.4) is 0 Å². The summed E-state index contributed by atoms with van der Waals surface area (Å²) in [5.74, 6) is 1.37. The summed E-state index contributed by atoms with van der Waals surface area (Å²) in [5.41, 5.74) is 3.04. The number of amides is 2. The number of benzene rings is 2. The summed E-state index contributed by atoms with van der Waals surface area (Å²) < 4.78 is 11.6. The molecule has 0 saturated carbocycles. The molecule has 0 atom stereocenters. The van der Waals surface area contributed by atoms with E-state index in [4.69, 9.17) is 9.47 Å². The fourth-order valence-electron chi connectivity index (χ4n) is 3.77. The van der Waals surface area contributed by atoms with E-state index in [9.17, 15) is 9.59 Å². The summed E-state index contributed by atoms with van der Waals surface area (Å²) in [6, 6.07) is 16.8. The molecule has 2 amide bonds. The minimum Gasteiger partial charge on any atom is -0.494 e. The highest BCUT2D eigenvalue weighted by Gasteiger charge is 2.28. The first-order chi connectivity index (χ1) is 16.1. The Morgan fingerprint density at radius 1 is 1.15 bits per heavy atom. The molecule has 4 rings (SSSR count). The number of aryl methyl sites for hydroxylation is 1. The lowest BCUT2D eigenvalue weighted by molar-refractivity contribution is -0.121. The van der Waals surface area contributed by atoms with E-state index in [0.29, 0.717) is 55.4 Å². The normalized spacial score (nSPS) is 12.3. The lowest BCUT2D eigenvalue weighted by Crippen LogP contribution is -2.32. The van der Waals surface area contributed by atoms with E-state index in [-0.39, 0.29) is 11.8 Å². The van der Waals surface area contributed by atoms with E-state index in [1.807, 2.05) is 56.3 Å². The van der Waals surface area contributed by atoms with Crippen molar-refractivity contribution in [3.8, 4) is 17.4 Å². The van der Waals surface area contributed by atoms with Gasteiger partial charge in [-0.3, -0.25) is 9.59 Å². The van der Waals surface area contributed by atoms with Crippen LogP contribution in [0.1, 0.15) is 41.3 Å². The molecule has 3 aromatic rings. The van der Waals surface area contributed by atoms with Crippen LogP contribution in [0.25, 0.3) is 0 Å². The van der Waals surface area contributed by atoms with Crippen LogP contribution in [0, 0.1) is 6.92 Å². The number of anilines is 1. The van der Waals surface area contributed by atoms with E-state index in [2.05, 4.69) is 10.3 Å². The first-order valence-corrected chi connectivity index (χ1v) is 11.1. The van der Waals surface area contributed by atoms with Crippen molar-refractivity contribution in [1.82, 2.24) is 10.3 Å². The van der Waals surface area contributed by atoms with Gasteiger partial charge in [-0.05, 0) is 56.2 Å². The Hall–Kier alpha value is -3.87. The Morgan fingerprint density at radius 2 is 2.00 bits per heavy atom. The summed E-state index contributed by atoms with van der Waals surface area (Å²) in [5, 5.41) is 2.95. The molecular weight excluding hydrogens is 418 g/mol. The second-order valence-electron chi connectivity index (χ2n) is 7.81. The Balaban J connectivity index is 1.42. The molecule has 0 aliphatic carbocycles. The lowest BCUT2D eigenvalue weighted by atomic mass is 10.1. The monoisotopic (exact) mass is 445 g/mol. The van der Waals surface area contributed by atoms with Gasteiger partial charge in [-0.15, -0.1) is 0 Å². The van der Waals surface area contributed by atoms with Crippen LogP contribution in [0.15, 0.2) is 60.8 Å². The van der Waals surface area contributed by atoms with Gasteiger partial charge in [-0.2, -0.15) is 0 Å². The third-order valence-corrected chi connectivity index (χ3v) is 5.39. The molecule has 1 aliphatic heterocycles. The molecule has 0 unspecified atom stereocenters. The molecule has 0 radical (unpaired) electrons. The summed E-state index contributed by atoms with van der Waals surface area (Å²) in [4.78, 5) is 31.7. The number of ether oxygens (including phenoxy) is 2. The van der Waals surface area contributed by atoms with E-state index >= 15 is 0 Å². The molecule has 1 N–H and O–H groups in total. The van der Waals surface area contributed by atoms with Gasteiger partial charge in [0.15, 0.2) is 5.75 Å². The quantitative estimate of drug-likeness (QED) is 0.546. The van der Waals surface area contributed by atoms with Gasteiger partial charge in [-0.25, -0.2) is 4.98 Å². The number of pyridine rings is 1. The topological polar surface area (TPSA) is 80.8 Å². The van der Waals surface area contributed by atoms with Crippen molar-refractivity contribution in [2.45, 2.75) is 33.2 Å². The number of hydrogen-bond donors (Lipinski definition) is 1. The third kappa shape index (κ3) is 5.14. The average Bonchev–Trinajstić information content (AvgIpc) is 2.93. The molecular formula is C26H27N3O4. The largest absolute Gasteiger partial charge is 0.494 e. The van der Waals surface area contributed by atoms with Crippen molar-refractivity contribution >= 4 is 17.5 Å². The summed E-state index contributed by atoms with van der Waals surface area (Å²) in [7, 11) is 0. The molecule has 7 heteroatoms. The molecule has 2 heterocycles. The molecule has 0 fully saturated rings. The number of para-hydroxylation sites is 1. The molecule has 2 aromatic carbocycles. The zero-order valence-electron chi connectivity index (χ0n) is 18.8. The van der Waals surface area contributed by atoms with Crippen molar-refractivity contribution in [1.29, 1.82) is 0 Å². The average molecular weight is 446 g/mol. The third-order valence-electron chi connectivity index (χ3n) is 5.39. The Kier molecular flexibility index (Phi) is 6.88. The highest BCUT2D eigenvalue weighted by molar-refractivity contribution is 6.09. The second-order valence-corrected chi connectivity index (χ2v) is 7.81. The predicted octanol–water partition coefficient (Wildman–Crippen LogP) is 4.64. The molecule has 0 saturated heterocycles. The van der Waals surface area contributed by atoms with E-state index < -0.39 is 0 Å². The molecule has 0 spiro atoms. The highest BCUT2D eigenvalue weighted by atomic mass is 16.5. The van der Waals surface area contributed by atoms with Crippen LogP contribution in [0.5, 0.6) is 17.4 Å². The summed E-state index contributed by atoms with van der Waals surface area (Å²) >= 11 is 0. The molecule has 0 bridgehead atoms. The maximum atomic E-state index is 13.3.